The highest BCUT2D eigenvalue weighted by Gasteiger charge is 2.24. The van der Waals surface area contributed by atoms with E-state index in [9.17, 15) is 9.59 Å². The van der Waals surface area contributed by atoms with Crippen LogP contribution in [-0.2, 0) is 24.7 Å². The van der Waals surface area contributed by atoms with Crippen molar-refractivity contribution in [2.75, 3.05) is 0 Å². The standard InChI is InChI=1S/C21H23N3O2S2/c1-12(14-8-5-4-6-9-14)22-18(25)13(2)27-21-23-19-17(20(26)24(21)3)15-10-7-11-16(15)28-19/h4-6,8-9,12-13H,7,10-11H2,1-3H3,(H,22,25). The topological polar surface area (TPSA) is 64.0 Å². The molecular formula is C21H23N3O2S2. The van der Waals surface area contributed by atoms with Gasteiger partial charge in [-0.1, -0.05) is 42.1 Å². The largest absolute Gasteiger partial charge is 0.349 e. The lowest BCUT2D eigenvalue weighted by atomic mass is 10.1. The van der Waals surface area contributed by atoms with Crippen LogP contribution < -0.4 is 10.9 Å². The van der Waals surface area contributed by atoms with Crippen molar-refractivity contribution in [2.24, 2.45) is 7.05 Å². The summed E-state index contributed by atoms with van der Waals surface area (Å²) < 4.78 is 1.59. The van der Waals surface area contributed by atoms with Crippen LogP contribution >= 0.6 is 23.1 Å². The second-order valence-corrected chi connectivity index (χ2v) is 9.59. The predicted octanol–water partition coefficient (Wildman–Crippen LogP) is 3.84. The SMILES string of the molecule is CC(Sc1nc2sc3c(c2c(=O)n1C)CCC3)C(=O)NC(C)c1ccccc1. The van der Waals surface area contributed by atoms with Gasteiger partial charge in [0, 0.05) is 11.9 Å². The maximum Gasteiger partial charge on any atom is 0.262 e. The molecule has 0 radical (unpaired) electrons. The second-order valence-electron chi connectivity index (χ2n) is 7.20. The molecule has 2 unspecified atom stereocenters. The number of rotatable bonds is 5. The van der Waals surface area contributed by atoms with Crippen molar-refractivity contribution in [3.63, 3.8) is 0 Å². The Morgan fingerprint density at radius 1 is 1.25 bits per heavy atom. The minimum absolute atomic E-state index is 0.00263. The number of aryl methyl sites for hydroxylation is 2. The minimum atomic E-state index is -0.353. The number of benzene rings is 1. The van der Waals surface area contributed by atoms with E-state index in [4.69, 9.17) is 4.98 Å². The molecule has 146 valence electrons. The molecule has 3 aromatic rings. The predicted molar refractivity (Wildman–Crippen MR) is 115 cm³/mol. The second kappa shape index (κ2) is 7.72. The summed E-state index contributed by atoms with van der Waals surface area (Å²) in [5.74, 6) is -0.0654. The molecule has 1 aliphatic carbocycles. The zero-order chi connectivity index (χ0) is 19.8. The fourth-order valence-corrected chi connectivity index (χ4v) is 5.76. The maximum absolute atomic E-state index is 12.9. The van der Waals surface area contributed by atoms with Gasteiger partial charge in [-0.3, -0.25) is 14.2 Å². The lowest BCUT2D eigenvalue weighted by Gasteiger charge is -2.18. The number of fused-ring (bicyclic) bond motifs is 3. The molecule has 0 spiro atoms. The summed E-state index contributed by atoms with van der Waals surface area (Å²) in [4.78, 5) is 32.4. The zero-order valence-electron chi connectivity index (χ0n) is 16.2. The summed E-state index contributed by atoms with van der Waals surface area (Å²) >= 11 is 2.96. The molecule has 4 rings (SSSR count). The van der Waals surface area contributed by atoms with Crippen LogP contribution in [0.1, 0.15) is 42.3 Å². The van der Waals surface area contributed by atoms with E-state index in [-0.39, 0.29) is 22.8 Å². The van der Waals surface area contributed by atoms with E-state index in [1.807, 2.05) is 44.2 Å². The van der Waals surface area contributed by atoms with Gasteiger partial charge in [-0.25, -0.2) is 4.98 Å². The van der Waals surface area contributed by atoms with Crippen LogP contribution in [0.3, 0.4) is 0 Å². The van der Waals surface area contributed by atoms with Crippen molar-refractivity contribution in [2.45, 2.75) is 49.6 Å². The highest BCUT2D eigenvalue weighted by molar-refractivity contribution is 8.00. The quantitative estimate of drug-likeness (QED) is 0.510. The molecule has 2 atom stereocenters. The molecule has 1 aromatic carbocycles. The molecule has 0 bridgehead atoms. The summed E-state index contributed by atoms with van der Waals surface area (Å²) in [5, 5.41) is 4.06. The van der Waals surface area contributed by atoms with Crippen LogP contribution in [0.5, 0.6) is 0 Å². The molecule has 1 amide bonds. The molecule has 5 nitrogen and oxygen atoms in total. The number of carbonyl (C=O) groups excluding carboxylic acids is 1. The van der Waals surface area contributed by atoms with E-state index in [1.165, 1.54) is 22.2 Å². The van der Waals surface area contributed by atoms with E-state index in [2.05, 4.69) is 5.32 Å². The van der Waals surface area contributed by atoms with Crippen molar-refractivity contribution < 1.29 is 4.79 Å². The zero-order valence-corrected chi connectivity index (χ0v) is 17.8. The Hall–Kier alpha value is -2.12. The maximum atomic E-state index is 12.9. The monoisotopic (exact) mass is 413 g/mol. The van der Waals surface area contributed by atoms with Gasteiger partial charge in [-0.2, -0.15) is 0 Å². The number of carbonyl (C=O) groups is 1. The van der Waals surface area contributed by atoms with Crippen LogP contribution in [-0.4, -0.2) is 20.7 Å². The van der Waals surface area contributed by atoms with Crippen molar-refractivity contribution in [1.82, 2.24) is 14.9 Å². The average molecular weight is 414 g/mol. The van der Waals surface area contributed by atoms with Crippen LogP contribution in [0.25, 0.3) is 10.2 Å². The lowest BCUT2D eigenvalue weighted by Crippen LogP contribution is -2.33. The molecule has 1 N–H and O–H groups in total. The van der Waals surface area contributed by atoms with E-state index in [1.54, 1.807) is 23.0 Å². The first kappa shape index (κ1) is 19.2. The Bertz CT molecular complexity index is 1090. The summed E-state index contributed by atoms with van der Waals surface area (Å²) in [6, 6.07) is 9.80. The Kier molecular flexibility index (Phi) is 5.29. The van der Waals surface area contributed by atoms with Gasteiger partial charge in [-0.15, -0.1) is 11.3 Å². The lowest BCUT2D eigenvalue weighted by molar-refractivity contribution is -0.120. The fourth-order valence-electron chi connectivity index (χ4n) is 3.58. The third-order valence-electron chi connectivity index (χ3n) is 5.22. The highest BCUT2D eigenvalue weighted by Crippen LogP contribution is 2.35. The van der Waals surface area contributed by atoms with Crippen molar-refractivity contribution in [3.8, 4) is 0 Å². The number of thiophene rings is 1. The van der Waals surface area contributed by atoms with Gasteiger partial charge in [0.1, 0.15) is 4.83 Å². The highest BCUT2D eigenvalue weighted by atomic mass is 32.2. The minimum Gasteiger partial charge on any atom is -0.349 e. The summed E-state index contributed by atoms with van der Waals surface area (Å²) in [6.45, 7) is 3.82. The summed E-state index contributed by atoms with van der Waals surface area (Å²) in [5.41, 5.74) is 2.25. The van der Waals surface area contributed by atoms with Crippen molar-refractivity contribution in [3.05, 3.63) is 56.7 Å². The molecule has 0 aliphatic heterocycles. The molecule has 7 heteroatoms. The Morgan fingerprint density at radius 2 is 2.00 bits per heavy atom. The van der Waals surface area contributed by atoms with Crippen LogP contribution in [0, 0.1) is 0 Å². The Balaban J connectivity index is 1.53. The van der Waals surface area contributed by atoms with Gasteiger partial charge in [0.05, 0.1) is 16.7 Å². The summed E-state index contributed by atoms with van der Waals surface area (Å²) in [6.07, 6.45) is 3.13. The van der Waals surface area contributed by atoms with Gasteiger partial charge in [0.15, 0.2) is 5.16 Å². The number of hydrogen-bond acceptors (Lipinski definition) is 5. The first-order valence-electron chi connectivity index (χ1n) is 9.49. The molecule has 28 heavy (non-hydrogen) atoms. The van der Waals surface area contributed by atoms with Crippen molar-refractivity contribution in [1.29, 1.82) is 0 Å². The van der Waals surface area contributed by atoms with Crippen LogP contribution in [0.15, 0.2) is 40.3 Å². The molecule has 2 heterocycles. The molecule has 0 saturated heterocycles. The normalized spacial score (nSPS) is 15.4. The molecule has 1 aliphatic rings. The van der Waals surface area contributed by atoms with Gasteiger partial charge in [-0.05, 0) is 44.2 Å². The van der Waals surface area contributed by atoms with E-state index in [0.717, 1.165) is 35.0 Å². The van der Waals surface area contributed by atoms with Crippen LogP contribution in [0.4, 0.5) is 0 Å². The Morgan fingerprint density at radius 3 is 2.75 bits per heavy atom. The molecule has 2 aromatic heterocycles. The number of nitrogens with zero attached hydrogens (tertiary/aromatic N) is 2. The van der Waals surface area contributed by atoms with Gasteiger partial charge in [0.25, 0.3) is 5.56 Å². The van der Waals surface area contributed by atoms with E-state index < -0.39 is 0 Å². The number of thioether (sulfide) groups is 1. The molecule has 0 fully saturated rings. The summed E-state index contributed by atoms with van der Waals surface area (Å²) in [7, 11) is 1.74. The Labute approximate surface area is 172 Å². The number of aromatic nitrogens is 2. The molecular weight excluding hydrogens is 390 g/mol. The number of nitrogens with one attached hydrogen (secondary N) is 1. The first-order valence-corrected chi connectivity index (χ1v) is 11.2. The number of hydrogen-bond donors (Lipinski definition) is 1. The third kappa shape index (κ3) is 3.49. The number of amides is 1. The van der Waals surface area contributed by atoms with Gasteiger partial charge >= 0.3 is 0 Å². The molecule has 0 saturated carbocycles. The smallest absolute Gasteiger partial charge is 0.262 e. The fraction of sp³-hybridized carbons (Fsp3) is 0.381. The third-order valence-corrected chi connectivity index (χ3v) is 7.54. The van der Waals surface area contributed by atoms with E-state index >= 15 is 0 Å². The van der Waals surface area contributed by atoms with E-state index in [0.29, 0.717) is 5.16 Å². The average Bonchev–Trinajstić information content (AvgIpc) is 3.27. The van der Waals surface area contributed by atoms with Gasteiger partial charge in [0.2, 0.25) is 5.91 Å². The van der Waals surface area contributed by atoms with Gasteiger partial charge < -0.3 is 5.32 Å². The van der Waals surface area contributed by atoms with Crippen LogP contribution in [0.2, 0.25) is 0 Å². The van der Waals surface area contributed by atoms with Crippen molar-refractivity contribution >= 4 is 39.2 Å². The first-order chi connectivity index (χ1) is 13.5.